The van der Waals surface area contributed by atoms with Gasteiger partial charge in [0.2, 0.25) is 0 Å². The van der Waals surface area contributed by atoms with Crippen LogP contribution in [0.3, 0.4) is 0 Å². The Morgan fingerprint density at radius 3 is 2.75 bits per heavy atom. The molecule has 5 nitrogen and oxygen atoms in total. The number of esters is 1. The lowest BCUT2D eigenvalue weighted by Crippen LogP contribution is -2.56. The third-order valence-electron chi connectivity index (χ3n) is 5.61. The Hall–Kier alpha value is -0.940. The first-order chi connectivity index (χ1) is 9.50. The van der Waals surface area contributed by atoms with Crippen LogP contribution in [0.5, 0.6) is 0 Å². The van der Waals surface area contributed by atoms with Crippen molar-refractivity contribution in [2.45, 2.75) is 45.0 Å². The normalized spacial score (nSPS) is 47.0. The number of hydrogen-bond acceptors (Lipinski definition) is 5. The van der Waals surface area contributed by atoms with Crippen LogP contribution in [0.25, 0.3) is 0 Å². The SMILES string of the molecule is COC(=O)[C@H]1[C@H](C)[C@H]2C[C@]3(CC(=O)C[C@@H]13)CC(OC)O2. The van der Waals surface area contributed by atoms with E-state index in [1.165, 1.54) is 7.11 Å². The van der Waals surface area contributed by atoms with Crippen LogP contribution in [0.15, 0.2) is 0 Å². The van der Waals surface area contributed by atoms with Gasteiger partial charge in [0.25, 0.3) is 0 Å². The first-order valence-electron chi connectivity index (χ1n) is 7.28. The van der Waals surface area contributed by atoms with Gasteiger partial charge in [-0.1, -0.05) is 6.92 Å². The van der Waals surface area contributed by atoms with Gasteiger partial charge in [-0.2, -0.15) is 0 Å². The highest BCUT2D eigenvalue weighted by Gasteiger charge is 2.62. The lowest BCUT2D eigenvalue weighted by atomic mass is 9.56. The Morgan fingerprint density at radius 2 is 2.10 bits per heavy atom. The minimum atomic E-state index is -0.261. The number of fused-ring (bicyclic) bond motifs is 1. The summed E-state index contributed by atoms with van der Waals surface area (Å²) in [4.78, 5) is 24.2. The maximum absolute atomic E-state index is 12.2. The largest absolute Gasteiger partial charge is 0.469 e. The molecule has 1 heterocycles. The standard InChI is InChI=1S/C15H22O5/c1-8-11-6-15(7-12(18-2)20-11)5-9(16)4-10(15)13(8)14(17)19-3/h8,10-13H,4-7H2,1-3H3/t8-,10+,11-,12?,13+,15-/m1/s1. The summed E-state index contributed by atoms with van der Waals surface area (Å²) in [5.41, 5.74) is -0.133. The molecule has 1 aliphatic heterocycles. The van der Waals surface area contributed by atoms with E-state index in [1.54, 1.807) is 7.11 Å². The van der Waals surface area contributed by atoms with E-state index in [9.17, 15) is 9.59 Å². The number of rotatable bonds is 2. The Balaban J connectivity index is 1.98. The van der Waals surface area contributed by atoms with E-state index in [0.29, 0.717) is 19.3 Å². The van der Waals surface area contributed by atoms with Gasteiger partial charge in [-0.3, -0.25) is 9.59 Å². The van der Waals surface area contributed by atoms with Crippen LogP contribution in [0.4, 0.5) is 0 Å². The van der Waals surface area contributed by atoms with Gasteiger partial charge in [0.15, 0.2) is 6.29 Å². The van der Waals surface area contributed by atoms with Crippen molar-refractivity contribution in [1.82, 2.24) is 0 Å². The monoisotopic (exact) mass is 282 g/mol. The Bertz CT molecular complexity index is 430. The first-order valence-corrected chi connectivity index (χ1v) is 7.28. The maximum atomic E-state index is 12.2. The summed E-state index contributed by atoms with van der Waals surface area (Å²) in [6.07, 6.45) is 2.32. The maximum Gasteiger partial charge on any atom is 0.309 e. The summed E-state index contributed by atoms with van der Waals surface area (Å²) >= 11 is 0. The third kappa shape index (κ3) is 1.91. The minimum absolute atomic E-state index is 0.0278. The van der Waals surface area contributed by atoms with Gasteiger partial charge < -0.3 is 14.2 Å². The molecule has 0 aromatic rings. The topological polar surface area (TPSA) is 61.8 Å². The average Bonchev–Trinajstić information content (AvgIpc) is 2.73. The summed E-state index contributed by atoms with van der Waals surface area (Å²) in [7, 11) is 3.05. The fourth-order valence-electron chi connectivity index (χ4n) is 4.68. The highest BCUT2D eigenvalue weighted by Crippen LogP contribution is 2.60. The smallest absolute Gasteiger partial charge is 0.309 e. The molecule has 0 N–H and O–H groups in total. The first kappa shape index (κ1) is 14.0. The van der Waals surface area contributed by atoms with E-state index in [2.05, 4.69) is 0 Å². The predicted octanol–water partition coefficient (Wildman–Crippen LogP) is 1.54. The minimum Gasteiger partial charge on any atom is -0.469 e. The molecule has 2 saturated carbocycles. The molecular weight excluding hydrogens is 260 g/mol. The molecule has 1 unspecified atom stereocenters. The van der Waals surface area contributed by atoms with Crippen LogP contribution >= 0.6 is 0 Å². The number of carbonyl (C=O) groups is 2. The molecule has 3 fully saturated rings. The molecule has 5 heteroatoms. The Morgan fingerprint density at radius 1 is 1.35 bits per heavy atom. The second-order valence-corrected chi connectivity index (χ2v) is 6.54. The van der Waals surface area contributed by atoms with Crippen molar-refractivity contribution in [2.24, 2.45) is 23.2 Å². The predicted molar refractivity (Wildman–Crippen MR) is 69.7 cm³/mol. The van der Waals surface area contributed by atoms with E-state index in [1.807, 2.05) is 6.92 Å². The van der Waals surface area contributed by atoms with Crippen molar-refractivity contribution in [2.75, 3.05) is 14.2 Å². The van der Waals surface area contributed by atoms with Gasteiger partial charge in [0, 0.05) is 26.4 Å². The molecule has 0 amide bonds. The lowest BCUT2D eigenvalue weighted by molar-refractivity contribution is -0.258. The van der Waals surface area contributed by atoms with E-state index < -0.39 is 0 Å². The molecule has 1 saturated heterocycles. The summed E-state index contributed by atoms with van der Waals surface area (Å²) in [6.45, 7) is 2.02. The molecule has 0 aromatic carbocycles. The summed E-state index contributed by atoms with van der Waals surface area (Å²) < 4.78 is 16.3. The van der Waals surface area contributed by atoms with Crippen molar-refractivity contribution in [3.63, 3.8) is 0 Å². The second kappa shape index (κ2) is 4.81. The van der Waals surface area contributed by atoms with Gasteiger partial charge >= 0.3 is 5.97 Å². The molecule has 2 aliphatic carbocycles. The fourth-order valence-corrected chi connectivity index (χ4v) is 4.68. The van der Waals surface area contributed by atoms with Crippen molar-refractivity contribution >= 4 is 11.8 Å². The van der Waals surface area contributed by atoms with Crippen LogP contribution in [0.2, 0.25) is 0 Å². The molecule has 2 bridgehead atoms. The highest BCUT2D eigenvalue weighted by atomic mass is 16.7. The Kier molecular flexibility index (Phi) is 3.37. The fraction of sp³-hybridized carbons (Fsp3) is 0.867. The number of methoxy groups -OCH3 is 2. The number of carbonyl (C=O) groups excluding carboxylic acids is 2. The molecule has 3 rings (SSSR count). The molecule has 112 valence electrons. The van der Waals surface area contributed by atoms with Gasteiger partial charge in [-0.25, -0.2) is 0 Å². The quantitative estimate of drug-likeness (QED) is 0.719. The lowest BCUT2D eigenvalue weighted by Gasteiger charge is -2.54. The molecule has 0 radical (unpaired) electrons. The summed E-state index contributed by atoms with van der Waals surface area (Å²) in [5.74, 6) is -0.0399. The van der Waals surface area contributed by atoms with Gasteiger partial charge in [-0.05, 0) is 23.7 Å². The van der Waals surface area contributed by atoms with Crippen LogP contribution < -0.4 is 0 Å². The molecule has 0 aromatic heterocycles. The number of Topliss-reactive ketones (excluding diaryl/α,β-unsaturated/α-hetero) is 1. The summed E-state index contributed by atoms with van der Waals surface area (Å²) in [6, 6.07) is 0. The Labute approximate surface area is 118 Å². The van der Waals surface area contributed by atoms with Crippen LogP contribution in [-0.4, -0.2) is 38.4 Å². The number of hydrogen-bond donors (Lipinski definition) is 0. The zero-order chi connectivity index (χ0) is 14.5. The zero-order valence-electron chi connectivity index (χ0n) is 12.3. The number of ether oxygens (including phenoxy) is 3. The average molecular weight is 282 g/mol. The van der Waals surface area contributed by atoms with E-state index in [4.69, 9.17) is 14.2 Å². The highest BCUT2D eigenvalue weighted by molar-refractivity contribution is 5.84. The molecule has 3 aliphatic rings. The van der Waals surface area contributed by atoms with Crippen molar-refractivity contribution in [3.8, 4) is 0 Å². The number of ketones is 1. The van der Waals surface area contributed by atoms with Gasteiger partial charge in [-0.15, -0.1) is 0 Å². The van der Waals surface area contributed by atoms with E-state index in [-0.39, 0.29) is 47.3 Å². The van der Waals surface area contributed by atoms with Crippen LogP contribution in [0, 0.1) is 23.2 Å². The van der Waals surface area contributed by atoms with Gasteiger partial charge in [0.1, 0.15) is 5.78 Å². The second-order valence-electron chi connectivity index (χ2n) is 6.54. The van der Waals surface area contributed by atoms with Gasteiger partial charge in [0.05, 0.1) is 19.1 Å². The molecule has 20 heavy (non-hydrogen) atoms. The van der Waals surface area contributed by atoms with E-state index >= 15 is 0 Å². The van der Waals surface area contributed by atoms with Crippen molar-refractivity contribution in [1.29, 1.82) is 0 Å². The molecular formula is C15H22O5. The summed E-state index contributed by atoms with van der Waals surface area (Å²) in [5, 5.41) is 0. The molecule has 6 atom stereocenters. The van der Waals surface area contributed by atoms with Crippen molar-refractivity contribution < 1.29 is 23.8 Å². The molecule has 1 spiro atoms. The third-order valence-corrected chi connectivity index (χ3v) is 5.61. The van der Waals surface area contributed by atoms with E-state index in [0.717, 1.165) is 6.42 Å². The zero-order valence-corrected chi connectivity index (χ0v) is 12.3. The van der Waals surface area contributed by atoms with Crippen molar-refractivity contribution in [3.05, 3.63) is 0 Å². The van der Waals surface area contributed by atoms with Crippen LogP contribution in [0.1, 0.15) is 32.6 Å². The van der Waals surface area contributed by atoms with Crippen LogP contribution in [-0.2, 0) is 23.8 Å².